The summed E-state index contributed by atoms with van der Waals surface area (Å²) in [5.41, 5.74) is 5.76. The molecule has 1 atom stereocenters. The number of H-pyrrole nitrogens is 1. The van der Waals surface area contributed by atoms with E-state index in [1.807, 2.05) is 30.3 Å². The molecule has 6 nitrogen and oxygen atoms in total. The van der Waals surface area contributed by atoms with Crippen molar-refractivity contribution in [2.75, 3.05) is 0 Å². The topological polar surface area (TPSA) is 96.7 Å². The Balaban J connectivity index is 2.04. The largest absolute Gasteiger partial charge is 0.347 e. The van der Waals surface area contributed by atoms with Crippen molar-refractivity contribution in [3.8, 4) is 0 Å². The van der Waals surface area contributed by atoms with Gasteiger partial charge in [0, 0.05) is 0 Å². The van der Waals surface area contributed by atoms with Crippen molar-refractivity contribution in [3.63, 3.8) is 0 Å². The predicted molar refractivity (Wildman–Crippen MR) is 66.2 cm³/mol. The fourth-order valence-corrected chi connectivity index (χ4v) is 1.58. The van der Waals surface area contributed by atoms with Crippen LogP contribution in [-0.2, 0) is 16.9 Å². The molecule has 1 heterocycles. The van der Waals surface area contributed by atoms with Crippen molar-refractivity contribution in [1.29, 1.82) is 0 Å². The number of nitrogens with one attached hydrogen (secondary N) is 2. The first kappa shape index (κ1) is 12.3. The third kappa shape index (κ3) is 2.54. The van der Waals surface area contributed by atoms with Gasteiger partial charge in [-0.05, 0) is 12.5 Å². The number of rotatable bonds is 4. The van der Waals surface area contributed by atoms with E-state index in [0.717, 1.165) is 5.56 Å². The molecule has 0 aliphatic heterocycles. The Morgan fingerprint density at radius 1 is 1.44 bits per heavy atom. The van der Waals surface area contributed by atoms with Crippen LogP contribution < -0.4 is 11.1 Å². The van der Waals surface area contributed by atoms with Crippen LogP contribution in [-0.4, -0.2) is 21.1 Å². The van der Waals surface area contributed by atoms with Crippen molar-refractivity contribution in [2.24, 2.45) is 5.73 Å². The molecular formula is C12H15N5O. The van der Waals surface area contributed by atoms with Gasteiger partial charge in [0.25, 0.3) is 0 Å². The molecule has 1 aromatic carbocycles. The maximum Gasteiger partial charge on any atom is 0.244 e. The highest BCUT2D eigenvalue weighted by molar-refractivity contribution is 5.86. The van der Waals surface area contributed by atoms with Crippen LogP contribution in [0.15, 0.2) is 36.7 Å². The van der Waals surface area contributed by atoms with E-state index in [4.69, 9.17) is 5.73 Å². The van der Waals surface area contributed by atoms with Gasteiger partial charge < -0.3 is 11.1 Å². The fourth-order valence-electron chi connectivity index (χ4n) is 1.58. The molecule has 4 N–H and O–H groups in total. The second-order valence-corrected chi connectivity index (χ2v) is 4.18. The highest BCUT2D eigenvalue weighted by Gasteiger charge is 2.30. The molecule has 1 amide bonds. The lowest BCUT2D eigenvalue weighted by atomic mass is 9.92. The lowest BCUT2D eigenvalue weighted by molar-refractivity contribution is -0.126. The minimum Gasteiger partial charge on any atom is -0.347 e. The third-order valence-electron chi connectivity index (χ3n) is 2.73. The molecule has 1 unspecified atom stereocenters. The standard InChI is InChI=1S/C12H15N5O/c1-12(13,9-5-3-2-4-6-9)11(18)14-7-10-15-8-16-17-10/h2-6,8H,7,13H2,1H3,(H,14,18)(H,15,16,17). The molecule has 0 saturated carbocycles. The van der Waals surface area contributed by atoms with Gasteiger partial charge in [-0.25, -0.2) is 4.98 Å². The molecule has 2 aromatic rings. The predicted octanol–water partition coefficient (Wildman–Crippen LogP) is 0.295. The van der Waals surface area contributed by atoms with E-state index < -0.39 is 5.54 Å². The van der Waals surface area contributed by atoms with Gasteiger partial charge in [-0.15, -0.1) is 0 Å². The summed E-state index contributed by atoms with van der Waals surface area (Å²) in [6.07, 6.45) is 1.39. The van der Waals surface area contributed by atoms with Crippen LogP contribution in [0.4, 0.5) is 0 Å². The number of benzene rings is 1. The zero-order valence-corrected chi connectivity index (χ0v) is 10.1. The second kappa shape index (κ2) is 4.97. The van der Waals surface area contributed by atoms with Crippen LogP contribution in [0.2, 0.25) is 0 Å². The Labute approximate surface area is 105 Å². The number of aromatic amines is 1. The minimum atomic E-state index is -1.07. The SMILES string of the molecule is CC(N)(C(=O)NCc1ncn[nH]1)c1ccccc1. The lowest BCUT2D eigenvalue weighted by Gasteiger charge is -2.23. The van der Waals surface area contributed by atoms with Gasteiger partial charge >= 0.3 is 0 Å². The van der Waals surface area contributed by atoms with Gasteiger partial charge in [-0.2, -0.15) is 5.10 Å². The van der Waals surface area contributed by atoms with Crippen LogP contribution >= 0.6 is 0 Å². The molecule has 6 heteroatoms. The number of nitrogens with zero attached hydrogens (tertiary/aromatic N) is 2. The number of carbonyl (C=O) groups is 1. The highest BCUT2D eigenvalue weighted by atomic mass is 16.2. The Hall–Kier alpha value is -2.21. The van der Waals surface area contributed by atoms with Crippen LogP contribution in [0.3, 0.4) is 0 Å². The summed E-state index contributed by atoms with van der Waals surface area (Å²) in [6.45, 7) is 1.95. The molecule has 2 rings (SSSR count). The zero-order valence-electron chi connectivity index (χ0n) is 10.1. The summed E-state index contributed by atoms with van der Waals surface area (Å²) in [4.78, 5) is 16.0. The van der Waals surface area contributed by atoms with Gasteiger partial charge in [0.1, 0.15) is 17.7 Å². The first-order valence-electron chi connectivity index (χ1n) is 5.57. The number of amides is 1. The van der Waals surface area contributed by atoms with E-state index >= 15 is 0 Å². The van der Waals surface area contributed by atoms with Crippen molar-refractivity contribution in [2.45, 2.75) is 19.0 Å². The zero-order chi connectivity index (χ0) is 13.0. The maximum atomic E-state index is 12.1. The Morgan fingerprint density at radius 3 is 2.78 bits per heavy atom. The minimum absolute atomic E-state index is 0.259. The molecule has 1 aromatic heterocycles. The van der Waals surface area contributed by atoms with Gasteiger partial charge in [0.05, 0.1) is 6.54 Å². The van der Waals surface area contributed by atoms with Crippen molar-refractivity contribution in [3.05, 3.63) is 48.0 Å². The molecule has 0 radical (unpaired) electrons. The van der Waals surface area contributed by atoms with E-state index in [0.29, 0.717) is 5.82 Å². The molecule has 0 saturated heterocycles. The van der Waals surface area contributed by atoms with Gasteiger partial charge in [-0.1, -0.05) is 30.3 Å². The second-order valence-electron chi connectivity index (χ2n) is 4.18. The molecule has 0 aliphatic carbocycles. The first-order valence-corrected chi connectivity index (χ1v) is 5.57. The summed E-state index contributed by atoms with van der Waals surface area (Å²) in [6, 6.07) is 9.24. The van der Waals surface area contributed by atoms with Crippen molar-refractivity contribution >= 4 is 5.91 Å². The molecule has 18 heavy (non-hydrogen) atoms. The summed E-state index contributed by atoms with van der Waals surface area (Å²) >= 11 is 0. The quantitative estimate of drug-likeness (QED) is 0.721. The average molecular weight is 245 g/mol. The molecule has 94 valence electrons. The van der Waals surface area contributed by atoms with Crippen LogP contribution in [0.1, 0.15) is 18.3 Å². The highest BCUT2D eigenvalue weighted by Crippen LogP contribution is 2.17. The maximum absolute atomic E-state index is 12.1. The van der Waals surface area contributed by atoms with Crippen molar-refractivity contribution < 1.29 is 4.79 Å². The molecule has 0 spiro atoms. The van der Waals surface area contributed by atoms with Gasteiger partial charge in [0.15, 0.2) is 0 Å². The third-order valence-corrected chi connectivity index (χ3v) is 2.73. The van der Waals surface area contributed by atoms with Gasteiger partial charge in [-0.3, -0.25) is 9.89 Å². The summed E-state index contributed by atoms with van der Waals surface area (Å²) in [5, 5.41) is 9.10. The van der Waals surface area contributed by atoms with Crippen LogP contribution in [0, 0.1) is 0 Å². The summed E-state index contributed by atoms with van der Waals surface area (Å²) in [5.74, 6) is 0.331. The number of aromatic nitrogens is 3. The summed E-state index contributed by atoms with van der Waals surface area (Å²) < 4.78 is 0. The van der Waals surface area contributed by atoms with E-state index in [1.54, 1.807) is 6.92 Å². The first-order chi connectivity index (χ1) is 8.60. The lowest BCUT2D eigenvalue weighted by Crippen LogP contribution is -2.48. The Morgan fingerprint density at radius 2 is 2.17 bits per heavy atom. The fraction of sp³-hybridized carbons (Fsp3) is 0.250. The monoisotopic (exact) mass is 245 g/mol. The molecular weight excluding hydrogens is 230 g/mol. The normalized spacial score (nSPS) is 13.9. The van der Waals surface area contributed by atoms with E-state index in [-0.39, 0.29) is 12.5 Å². The number of hydrogen-bond acceptors (Lipinski definition) is 4. The molecule has 0 fully saturated rings. The number of carbonyl (C=O) groups excluding carboxylic acids is 1. The summed E-state index contributed by atoms with van der Waals surface area (Å²) in [7, 11) is 0. The molecule has 0 bridgehead atoms. The number of hydrogen-bond donors (Lipinski definition) is 3. The average Bonchev–Trinajstić information content (AvgIpc) is 2.90. The number of nitrogens with two attached hydrogens (primary N) is 1. The van der Waals surface area contributed by atoms with Crippen LogP contribution in [0.25, 0.3) is 0 Å². The van der Waals surface area contributed by atoms with E-state index in [9.17, 15) is 4.79 Å². The van der Waals surface area contributed by atoms with E-state index in [1.165, 1.54) is 6.33 Å². The van der Waals surface area contributed by atoms with E-state index in [2.05, 4.69) is 20.5 Å². The Bertz CT molecular complexity index is 507. The van der Waals surface area contributed by atoms with Gasteiger partial charge in [0.2, 0.25) is 5.91 Å². The molecule has 0 aliphatic rings. The van der Waals surface area contributed by atoms with Crippen molar-refractivity contribution in [1.82, 2.24) is 20.5 Å². The smallest absolute Gasteiger partial charge is 0.244 e. The Kier molecular flexibility index (Phi) is 3.38. The van der Waals surface area contributed by atoms with Crippen LogP contribution in [0.5, 0.6) is 0 Å².